The predicted molar refractivity (Wildman–Crippen MR) is 396 cm³/mol. The van der Waals surface area contributed by atoms with Crippen LogP contribution in [0.1, 0.15) is 77.9 Å². The van der Waals surface area contributed by atoms with Crippen molar-refractivity contribution in [2.24, 2.45) is 0 Å². The summed E-state index contributed by atoms with van der Waals surface area (Å²) >= 11 is 0. The van der Waals surface area contributed by atoms with Crippen LogP contribution in [0.5, 0.6) is 0 Å². The molecule has 95 heavy (non-hydrogen) atoms. The SMILES string of the molecule is C=Cc1ccc(CC2(c3ccccc3)c3ccccc3-c3ccc(N(c4ccccc4)c4ccc5c(c4)C4(c6ccccc6-5)c5ccccc5-c5ccc(N(c6ccccc6)c6ccc7c(c6)C(Cc6ccc(C=C)cc6)(c6ccccc6)c6ccccc6-7)cc54)cc32)cc1. The van der Waals surface area contributed by atoms with E-state index in [4.69, 9.17) is 0 Å². The quantitative estimate of drug-likeness (QED) is 0.107. The fraction of sp³-hybridized carbons (Fsp3) is 0.0538. The Labute approximate surface area is 557 Å². The number of fused-ring (bicyclic) bond motifs is 16. The average molecular weight is 1210 g/mol. The lowest BCUT2D eigenvalue weighted by molar-refractivity contribution is 0.629. The summed E-state index contributed by atoms with van der Waals surface area (Å²) in [6.45, 7) is 8.18. The molecule has 0 fully saturated rings. The average Bonchev–Trinajstić information content (AvgIpc) is 1.52. The summed E-state index contributed by atoms with van der Waals surface area (Å²) in [6, 6.07) is 128. The lowest BCUT2D eigenvalue weighted by atomic mass is 9.68. The van der Waals surface area contributed by atoms with Crippen LogP contribution < -0.4 is 9.80 Å². The van der Waals surface area contributed by atoms with Crippen LogP contribution in [0.15, 0.2) is 353 Å². The Morgan fingerprint density at radius 1 is 0.232 bits per heavy atom. The van der Waals surface area contributed by atoms with Gasteiger partial charge < -0.3 is 9.80 Å². The van der Waals surface area contributed by atoms with Gasteiger partial charge >= 0.3 is 0 Å². The van der Waals surface area contributed by atoms with Crippen LogP contribution in [0, 0.1) is 0 Å². The summed E-state index contributed by atoms with van der Waals surface area (Å²) in [5.74, 6) is 0. The van der Waals surface area contributed by atoms with Crippen LogP contribution in [0.3, 0.4) is 0 Å². The summed E-state index contributed by atoms with van der Waals surface area (Å²) in [5, 5.41) is 0. The maximum Gasteiger partial charge on any atom is 0.0727 e. The first-order valence-electron chi connectivity index (χ1n) is 33.2. The molecule has 2 atom stereocenters. The van der Waals surface area contributed by atoms with E-state index < -0.39 is 16.2 Å². The van der Waals surface area contributed by atoms with Gasteiger partial charge in [-0.2, -0.15) is 0 Å². The van der Waals surface area contributed by atoms with Crippen molar-refractivity contribution < 1.29 is 0 Å². The molecule has 448 valence electrons. The molecule has 2 nitrogen and oxygen atoms in total. The van der Waals surface area contributed by atoms with Crippen molar-refractivity contribution in [2.45, 2.75) is 29.1 Å². The van der Waals surface area contributed by atoms with Gasteiger partial charge in [0.2, 0.25) is 0 Å². The molecule has 0 aliphatic heterocycles. The highest BCUT2D eigenvalue weighted by Crippen LogP contribution is 2.65. The minimum absolute atomic E-state index is 0.484. The molecule has 0 bridgehead atoms. The molecule has 0 aromatic heterocycles. The van der Waals surface area contributed by atoms with Crippen LogP contribution in [0.2, 0.25) is 0 Å². The van der Waals surface area contributed by atoms with E-state index in [1.54, 1.807) is 0 Å². The van der Waals surface area contributed by atoms with Gasteiger partial charge in [0.1, 0.15) is 0 Å². The second kappa shape index (κ2) is 22.2. The zero-order valence-corrected chi connectivity index (χ0v) is 52.7. The van der Waals surface area contributed by atoms with Crippen LogP contribution in [-0.4, -0.2) is 0 Å². The van der Waals surface area contributed by atoms with E-state index in [1.165, 1.54) is 111 Å². The van der Waals surface area contributed by atoms with Gasteiger partial charge in [-0.25, -0.2) is 0 Å². The van der Waals surface area contributed by atoms with Gasteiger partial charge in [0.05, 0.1) is 16.2 Å². The zero-order valence-electron chi connectivity index (χ0n) is 52.7. The van der Waals surface area contributed by atoms with Crippen LogP contribution in [-0.2, 0) is 29.1 Å². The molecule has 14 aromatic rings. The van der Waals surface area contributed by atoms with Crippen molar-refractivity contribution in [1.82, 2.24) is 0 Å². The summed E-state index contributed by atoms with van der Waals surface area (Å²) in [5.41, 5.74) is 32.7. The van der Waals surface area contributed by atoms with E-state index >= 15 is 0 Å². The third-order valence-electron chi connectivity index (χ3n) is 21.3. The van der Waals surface area contributed by atoms with Gasteiger partial charge in [-0.1, -0.05) is 292 Å². The van der Waals surface area contributed by atoms with Gasteiger partial charge in [0.25, 0.3) is 0 Å². The standard InChI is InChI=1S/C93H66N2/c1-3-63-41-45-65(46-42-63)61-91(67-25-9-5-10-26-67)83-37-21-17-33-75(83)79-53-49-71(57-87(79)91)94(69-29-13-7-14-30-69)73-51-55-81-77-35-19-23-39-85(77)93(89(81)59-73)86-40-24-20-36-78(86)82-56-52-74(60-90(82)93)95(70-31-15-8-16-32-70)72-50-54-80-76-34-18-22-38-84(76)92(88(80)58-72,68-27-11-6-12-28-68)62-66-47-43-64(4-2)44-48-66/h3-60H,1-2,61-62H2. The van der Waals surface area contributed by atoms with Crippen molar-refractivity contribution in [3.05, 3.63) is 431 Å². The zero-order chi connectivity index (χ0) is 63.2. The largest absolute Gasteiger partial charge is 0.310 e. The molecule has 0 heterocycles. The Morgan fingerprint density at radius 2 is 0.505 bits per heavy atom. The minimum atomic E-state index is -0.680. The first kappa shape index (κ1) is 56.0. The number of nitrogens with zero attached hydrogens (tertiary/aromatic N) is 2. The van der Waals surface area contributed by atoms with Crippen molar-refractivity contribution in [2.75, 3.05) is 9.80 Å². The van der Waals surface area contributed by atoms with E-state index in [9.17, 15) is 0 Å². The Bertz CT molecular complexity index is 5000. The van der Waals surface area contributed by atoms with Crippen molar-refractivity contribution in [3.8, 4) is 44.5 Å². The topological polar surface area (TPSA) is 6.48 Å². The number of para-hydroxylation sites is 2. The lowest BCUT2D eigenvalue weighted by Crippen LogP contribution is -2.30. The Balaban J connectivity index is 0.832. The van der Waals surface area contributed by atoms with Gasteiger partial charge in [-0.15, -0.1) is 0 Å². The predicted octanol–water partition coefficient (Wildman–Crippen LogP) is 23.4. The molecule has 0 saturated heterocycles. The maximum absolute atomic E-state index is 4.09. The van der Waals surface area contributed by atoms with Gasteiger partial charge in [-0.05, 0) is 208 Å². The number of benzene rings is 14. The summed E-state index contributed by atoms with van der Waals surface area (Å²) < 4.78 is 0. The van der Waals surface area contributed by atoms with E-state index in [-0.39, 0.29) is 0 Å². The van der Waals surface area contributed by atoms with Crippen molar-refractivity contribution >= 4 is 46.3 Å². The third-order valence-corrected chi connectivity index (χ3v) is 21.3. The normalized spacial score (nSPS) is 16.9. The van der Waals surface area contributed by atoms with Crippen LogP contribution in [0.25, 0.3) is 56.7 Å². The molecule has 0 radical (unpaired) electrons. The molecule has 18 rings (SSSR count). The van der Waals surface area contributed by atoms with Gasteiger partial charge in [0.15, 0.2) is 0 Å². The lowest BCUT2D eigenvalue weighted by Gasteiger charge is -2.35. The van der Waals surface area contributed by atoms with E-state index in [2.05, 4.69) is 363 Å². The molecule has 2 unspecified atom stereocenters. The molecule has 2 heteroatoms. The van der Waals surface area contributed by atoms with Gasteiger partial charge in [0, 0.05) is 34.1 Å². The fourth-order valence-corrected chi connectivity index (χ4v) is 17.2. The molecular weight excluding hydrogens is 1150 g/mol. The molecule has 4 aliphatic carbocycles. The monoisotopic (exact) mass is 1210 g/mol. The molecule has 4 aliphatic rings. The van der Waals surface area contributed by atoms with E-state index in [1.807, 2.05) is 12.2 Å². The van der Waals surface area contributed by atoms with E-state index in [0.717, 1.165) is 58.1 Å². The van der Waals surface area contributed by atoms with Crippen LogP contribution >= 0.6 is 0 Å². The number of rotatable bonds is 14. The third kappa shape index (κ3) is 8.44. The smallest absolute Gasteiger partial charge is 0.0727 e. The first-order chi connectivity index (χ1) is 47.0. The first-order valence-corrected chi connectivity index (χ1v) is 33.2. The number of anilines is 6. The second-order valence-corrected chi connectivity index (χ2v) is 26.0. The fourth-order valence-electron chi connectivity index (χ4n) is 17.2. The number of hydrogen-bond donors (Lipinski definition) is 0. The van der Waals surface area contributed by atoms with E-state index in [0.29, 0.717) is 0 Å². The molecule has 0 saturated carbocycles. The summed E-state index contributed by atoms with van der Waals surface area (Å²) in [6.07, 6.45) is 5.43. The molecule has 0 amide bonds. The van der Waals surface area contributed by atoms with Crippen LogP contribution in [0.4, 0.5) is 34.1 Å². The van der Waals surface area contributed by atoms with Crippen molar-refractivity contribution in [1.29, 1.82) is 0 Å². The highest BCUT2D eigenvalue weighted by atomic mass is 15.1. The van der Waals surface area contributed by atoms with Gasteiger partial charge in [-0.3, -0.25) is 0 Å². The maximum atomic E-state index is 4.09. The highest BCUT2D eigenvalue weighted by Gasteiger charge is 2.53. The highest BCUT2D eigenvalue weighted by molar-refractivity contribution is 5.99. The summed E-state index contributed by atoms with van der Waals surface area (Å²) in [4.78, 5) is 5.00. The molecule has 0 N–H and O–H groups in total. The minimum Gasteiger partial charge on any atom is -0.310 e. The summed E-state index contributed by atoms with van der Waals surface area (Å²) in [7, 11) is 0. The number of hydrogen-bond acceptors (Lipinski definition) is 2. The van der Waals surface area contributed by atoms with Crippen molar-refractivity contribution in [3.63, 3.8) is 0 Å². The molecular formula is C93H66N2. The second-order valence-electron chi connectivity index (χ2n) is 26.0. The Kier molecular flexibility index (Phi) is 13.1. The molecule has 14 aromatic carbocycles. The Hall–Kier alpha value is -11.8. The molecule has 1 spiro atoms. The Morgan fingerprint density at radius 3 is 0.853 bits per heavy atom.